The van der Waals surface area contributed by atoms with Crippen LogP contribution >= 0.6 is 0 Å². The van der Waals surface area contributed by atoms with Gasteiger partial charge in [0, 0.05) is 0 Å². The second-order valence-corrected chi connectivity index (χ2v) is 9.52. The van der Waals surface area contributed by atoms with E-state index in [1.54, 1.807) is 13.8 Å². The van der Waals surface area contributed by atoms with Gasteiger partial charge in [0.2, 0.25) is 0 Å². The zero-order valence-electron chi connectivity index (χ0n) is 18.2. The maximum absolute atomic E-state index is 11.2. The smallest absolute Gasteiger partial charge is 0.309 e. The average Bonchev–Trinajstić information content (AvgIpc) is 3.46. The molecule has 2 N–H and O–H groups in total. The van der Waals surface area contributed by atoms with Crippen molar-refractivity contribution < 1.29 is 19.8 Å². The summed E-state index contributed by atoms with van der Waals surface area (Å²) in [6, 6.07) is 8.67. The molecule has 0 radical (unpaired) electrons. The minimum Gasteiger partial charge on any atom is -0.481 e. The van der Waals surface area contributed by atoms with Crippen molar-refractivity contribution in [2.75, 3.05) is 0 Å². The van der Waals surface area contributed by atoms with Gasteiger partial charge in [-0.15, -0.1) is 0 Å². The summed E-state index contributed by atoms with van der Waals surface area (Å²) in [6.07, 6.45) is 13.0. The number of carboxylic acid groups (broad SMARTS) is 2. The molecule has 0 atom stereocenters. The highest BCUT2D eigenvalue weighted by atomic mass is 16.4. The van der Waals surface area contributed by atoms with Gasteiger partial charge in [0.05, 0.1) is 10.8 Å². The van der Waals surface area contributed by atoms with Crippen LogP contribution in [0.1, 0.15) is 95.6 Å². The molecular weight excluding hydrogens is 364 g/mol. The van der Waals surface area contributed by atoms with Crippen LogP contribution in [0.25, 0.3) is 0 Å². The second-order valence-electron chi connectivity index (χ2n) is 9.52. The maximum atomic E-state index is 11.2. The third-order valence-corrected chi connectivity index (χ3v) is 6.60. The molecule has 0 aliphatic heterocycles. The lowest BCUT2D eigenvalue weighted by molar-refractivity contribution is -0.147. The molecule has 29 heavy (non-hydrogen) atoms. The normalized spacial score (nSPS) is 15.2. The minimum absolute atomic E-state index is 0.377. The first-order chi connectivity index (χ1) is 13.8. The summed E-state index contributed by atoms with van der Waals surface area (Å²) < 4.78 is 0. The Morgan fingerprint density at radius 3 is 1.86 bits per heavy atom. The molecule has 1 fully saturated rings. The summed E-state index contributed by atoms with van der Waals surface area (Å²) in [4.78, 5) is 22.4. The first kappa shape index (κ1) is 23.4. The first-order valence-electron chi connectivity index (χ1n) is 11.3. The number of hydrogen-bond acceptors (Lipinski definition) is 2. The van der Waals surface area contributed by atoms with Gasteiger partial charge in [-0.05, 0) is 76.3 Å². The third kappa shape index (κ3) is 7.49. The molecule has 2 rings (SSSR count). The summed E-state index contributed by atoms with van der Waals surface area (Å²) in [5.74, 6) is -1.31. The van der Waals surface area contributed by atoms with E-state index < -0.39 is 17.4 Å². The number of aliphatic carboxylic acids is 2. The summed E-state index contributed by atoms with van der Waals surface area (Å²) in [5, 5.41) is 18.4. The highest BCUT2D eigenvalue weighted by molar-refractivity contribution is 5.77. The van der Waals surface area contributed by atoms with Gasteiger partial charge >= 0.3 is 11.9 Å². The van der Waals surface area contributed by atoms with E-state index in [4.69, 9.17) is 5.11 Å². The molecule has 4 nitrogen and oxygen atoms in total. The molecule has 0 saturated heterocycles. The van der Waals surface area contributed by atoms with Crippen molar-refractivity contribution in [3.8, 4) is 0 Å². The molecule has 0 amide bonds. The van der Waals surface area contributed by atoms with Crippen LogP contribution in [0.2, 0.25) is 0 Å². The van der Waals surface area contributed by atoms with E-state index in [9.17, 15) is 14.7 Å². The van der Waals surface area contributed by atoms with E-state index >= 15 is 0 Å². The molecular formula is C25H38O4. The third-order valence-electron chi connectivity index (χ3n) is 6.60. The molecule has 0 heterocycles. The zero-order chi connectivity index (χ0) is 21.3. The number of aryl methyl sites for hydroxylation is 2. The fourth-order valence-corrected chi connectivity index (χ4v) is 4.07. The molecule has 1 aliphatic carbocycles. The van der Waals surface area contributed by atoms with Gasteiger partial charge in [-0.3, -0.25) is 9.59 Å². The van der Waals surface area contributed by atoms with Crippen LogP contribution in [0, 0.1) is 10.8 Å². The average molecular weight is 403 g/mol. The van der Waals surface area contributed by atoms with Crippen LogP contribution in [0.4, 0.5) is 0 Å². The summed E-state index contributed by atoms with van der Waals surface area (Å²) in [7, 11) is 0. The zero-order valence-corrected chi connectivity index (χ0v) is 18.2. The van der Waals surface area contributed by atoms with Gasteiger partial charge in [-0.25, -0.2) is 0 Å². The second kappa shape index (κ2) is 10.8. The predicted molar refractivity (Wildman–Crippen MR) is 116 cm³/mol. The molecule has 0 aromatic heterocycles. The lowest BCUT2D eigenvalue weighted by Gasteiger charge is -2.18. The monoisotopic (exact) mass is 402 g/mol. The topological polar surface area (TPSA) is 74.6 Å². The Bertz CT molecular complexity index is 673. The van der Waals surface area contributed by atoms with Crippen molar-refractivity contribution in [2.45, 2.75) is 97.3 Å². The molecule has 4 heteroatoms. The van der Waals surface area contributed by atoms with Crippen LogP contribution < -0.4 is 0 Å². The summed E-state index contributed by atoms with van der Waals surface area (Å²) >= 11 is 0. The van der Waals surface area contributed by atoms with Gasteiger partial charge in [0.25, 0.3) is 0 Å². The number of hydrogen-bond donors (Lipinski definition) is 2. The molecule has 162 valence electrons. The highest BCUT2D eigenvalue weighted by Crippen LogP contribution is 2.50. The molecule has 1 aromatic carbocycles. The van der Waals surface area contributed by atoms with E-state index in [-0.39, 0.29) is 5.41 Å². The van der Waals surface area contributed by atoms with E-state index in [1.165, 1.54) is 11.1 Å². The van der Waals surface area contributed by atoms with Crippen LogP contribution in [0.3, 0.4) is 0 Å². The number of unbranched alkanes of at least 4 members (excludes halogenated alkanes) is 5. The van der Waals surface area contributed by atoms with Gasteiger partial charge in [0.15, 0.2) is 0 Å². The van der Waals surface area contributed by atoms with Crippen molar-refractivity contribution in [3.05, 3.63) is 35.4 Å². The Balaban J connectivity index is 1.63. The first-order valence-corrected chi connectivity index (χ1v) is 11.3. The molecule has 0 bridgehead atoms. The Morgan fingerprint density at radius 1 is 0.862 bits per heavy atom. The summed E-state index contributed by atoms with van der Waals surface area (Å²) in [5.41, 5.74) is 1.87. The predicted octanol–water partition coefficient (Wildman–Crippen LogP) is 6.26. The standard InChI is InChI=1S/C25H38O4/c1-24(2,22(26)27)16-10-4-3-6-12-20-14-8-9-15-21(20)13-7-5-11-17-25(18-19-25)23(28)29/h8-9,14-15H,3-7,10-13,16-19H2,1-2H3,(H,26,27)(H,28,29). The van der Waals surface area contributed by atoms with Crippen molar-refractivity contribution in [1.29, 1.82) is 0 Å². The Kier molecular flexibility index (Phi) is 8.73. The molecule has 1 aromatic rings. The number of rotatable bonds is 15. The van der Waals surface area contributed by atoms with E-state index in [0.717, 1.165) is 83.5 Å². The SMILES string of the molecule is CC(C)(CCCCCCc1ccccc1CCCCCC1(C(=O)O)CC1)C(=O)O. The highest BCUT2D eigenvalue weighted by Gasteiger charge is 2.49. The molecule has 1 saturated carbocycles. The fraction of sp³-hybridized carbons (Fsp3) is 0.680. The lowest BCUT2D eigenvalue weighted by Crippen LogP contribution is -2.23. The van der Waals surface area contributed by atoms with Crippen LogP contribution in [0.15, 0.2) is 24.3 Å². The maximum Gasteiger partial charge on any atom is 0.309 e. The van der Waals surface area contributed by atoms with Crippen LogP contribution in [-0.4, -0.2) is 22.2 Å². The Hall–Kier alpha value is -1.84. The number of carboxylic acids is 2. The molecule has 0 unspecified atom stereocenters. The van der Waals surface area contributed by atoms with E-state index in [1.807, 2.05) is 0 Å². The van der Waals surface area contributed by atoms with Crippen LogP contribution in [-0.2, 0) is 22.4 Å². The largest absolute Gasteiger partial charge is 0.481 e. The Morgan fingerprint density at radius 2 is 1.38 bits per heavy atom. The number of carbonyl (C=O) groups is 2. The van der Waals surface area contributed by atoms with E-state index in [0.29, 0.717) is 0 Å². The molecule has 1 aliphatic rings. The van der Waals surface area contributed by atoms with Gasteiger partial charge < -0.3 is 10.2 Å². The van der Waals surface area contributed by atoms with Crippen molar-refractivity contribution in [2.24, 2.45) is 10.8 Å². The fourth-order valence-electron chi connectivity index (χ4n) is 4.07. The van der Waals surface area contributed by atoms with Crippen molar-refractivity contribution in [3.63, 3.8) is 0 Å². The Labute approximate surface area is 175 Å². The lowest BCUT2D eigenvalue weighted by atomic mass is 9.87. The van der Waals surface area contributed by atoms with Gasteiger partial charge in [-0.1, -0.05) is 56.4 Å². The van der Waals surface area contributed by atoms with Crippen molar-refractivity contribution in [1.82, 2.24) is 0 Å². The molecule has 0 spiro atoms. The van der Waals surface area contributed by atoms with Gasteiger partial charge in [-0.2, -0.15) is 0 Å². The van der Waals surface area contributed by atoms with Gasteiger partial charge in [0.1, 0.15) is 0 Å². The van der Waals surface area contributed by atoms with E-state index in [2.05, 4.69) is 24.3 Å². The van der Waals surface area contributed by atoms with Crippen molar-refractivity contribution >= 4 is 11.9 Å². The quantitative estimate of drug-likeness (QED) is 0.340. The number of benzene rings is 1. The minimum atomic E-state index is -0.707. The summed E-state index contributed by atoms with van der Waals surface area (Å²) in [6.45, 7) is 3.61. The van der Waals surface area contributed by atoms with Crippen LogP contribution in [0.5, 0.6) is 0 Å².